The molecule has 0 aliphatic carbocycles. The van der Waals surface area contributed by atoms with Crippen molar-refractivity contribution in [1.29, 1.82) is 0 Å². The molecule has 0 aliphatic heterocycles. The summed E-state index contributed by atoms with van der Waals surface area (Å²) in [4.78, 5) is 4.25. The van der Waals surface area contributed by atoms with E-state index in [9.17, 15) is 0 Å². The van der Waals surface area contributed by atoms with E-state index in [-0.39, 0.29) is 24.0 Å². The van der Waals surface area contributed by atoms with Crippen molar-refractivity contribution in [1.82, 2.24) is 10.6 Å². The van der Waals surface area contributed by atoms with E-state index in [2.05, 4.69) is 27.8 Å². The normalized spacial score (nSPS) is 11.1. The van der Waals surface area contributed by atoms with Crippen molar-refractivity contribution in [3.05, 3.63) is 65.9 Å². The monoisotopic (exact) mass is 465 g/mol. The number of hydrogen-bond acceptors (Lipinski definition) is 3. The van der Waals surface area contributed by atoms with Gasteiger partial charge in [-0.25, -0.2) is 0 Å². The van der Waals surface area contributed by atoms with E-state index < -0.39 is 0 Å². The number of halogens is 1. The number of benzene rings is 2. The minimum absolute atomic E-state index is 0. The fourth-order valence-electron chi connectivity index (χ4n) is 2.63. The summed E-state index contributed by atoms with van der Waals surface area (Å²) in [5, 5.41) is 7.71. The van der Waals surface area contributed by atoms with Crippen LogP contribution in [0.2, 0.25) is 0 Å². The van der Waals surface area contributed by atoms with Crippen LogP contribution in [0.4, 0.5) is 0 Å². The van der Waals surface area contributed by atoms with Crippen LogP contribution in [0.15, 0.2) is 64.0 Å². The van der Waals surface area contributed by atoms with Crippen LogP contribution in [0.25, 0.3) is 11.0 Å². The number of fused-ring (bicyclic) bond motifs is 1. The molecule has 0 saturated heterocycles. The second-order valence-electron chi connectivity index (χ2n) is 5.70. The van der Waals surface area contributed by atoms with E-state index in [1.807, 2.05) is 42.5 Å². The number of hydrogen-bond donors (Lipinski definition) is 2. The summed E-state index contributed by atoms with van der Waals surface area (Å²) in [5.41, 5.74) is 2.16. The molecule has 0 saturated carbocycles. The van der Waals surface area contributed by atoms with Crippen molar-refractivity contribution in [2.24, 2.45) is 4.99 Å². The summed E-state index contributed by atoms with van der Waals surface area (Å²) in [6.45, 7) is 1.39. The van der Waals surface area contributed by atoms with Crippen LogP contribution < -0.4 is 15.4 Å². The number of ether oxygens (including phenoxy) is 1. The summed E-state index contributed by atoms with van der Waals surface area (Å²) < 4.78 is 11.0. The summed E-state index contributed by atoms with van der Waals surface area (Å²) in [6, 6.07) is 18.2. The predicted molar refractivity (Wildman–Crippen MR) is 117 cm³/mol. The minimum atomic E-state index is 0. The van der Waals surface area contributed by atoms with Crippen molar-refractivity contribution in [3.8, 4) is 5.75 Å². The molecule has 0 atom stereocenters. The van der Waals surface area contributed by atoms with Gasteiger partial charge in [-0.05, 0) is 36.2 Å². The molecule has 1 heterocycles. The molecule has 3 rings (SSSR count). The van der Waals surface area contributed by atoms with Crippen LogP contribution in [-0.2, 0) is 13.0 Å². The molecule has 2 N–H and O–H groups in total. The summed E-state index contributed by atoms with van der Waals surface area (Å²) in [6.07, 6.45) is 0.912. The summed E-state index contributed by atoms with van der Waals surface area (Å²) in [5.74, 6) is 2.52. The Morgan fingerprint density at radius 3 is 2.54 bits per heavy atom. The topological polar surface area (TPSA) is 58.8 Å². The van der Waals surface area contributed by atoms with Gasteiger partial charge in [-0.3, -0.25) is 4.99 Å². The number of methoxy groups -OCH3 is 1. The number of aliphatic imine (C=N–C) groups is 1. The SMILES string of the molecule is CN=C(NCCc1ccc(OC)cc1)NCc1cc2ccccc2o1.I. The van der Waals surface area contributed by atoms with Crippen LogP contribution in [0.5, 0.6) is 5.75 Å². The number of nitrogens with zero attached hydrogens (tertiary/aromatic N) is 1. The molecule has 0 aliphatic rings. The van der Waals surface area contributed by atoms with Gasteiger partial charge in [0.2, 0.25) is 0 Å². The molecule has 0 spiro atoms. The van der Waals surface area contributed by atoms with Gasteiger partial charge >= 0.3 is 0 Å². The van der Waals surface area contributed by atoms with Crippen molar-refractivity contribution in [3.63, 3.8) is 0 Å². The van der Waals surface area contributed by atoms with Crippen LogP contribution in [-0.4, -0.2) is 26.7 Å². The third-order valence-corrected chi connectivity index (χ3v) is 4.00. The predicted octanol–water partition coefficient (Wildman–Crippen LogP) is 3.97. The van der Waals surface area contributed by atoms with Gasteiger partial charge in [0.1, 0.15) is 17.1 Å². The van der Waals surface area contributed by atoms with Gasteiger partial charge in [0.05, 0.1) is 13.7 Å². The van der Waals surface area contributed by atoms with E-state index in [1.54, 1.807) is 14.2 Å². The molecule has 26 heavy (non-hydrogen) atoms. The van der Waals surface area contributed by atoms with Gasteiger partial charge in [-0.15, -0.1) is 24.0 Å². The van der Waals surface area contributed by atoms with Crippen LogP contribution in [0.1, 0.15) is 11.3 Å². The molecule has 6 heteroatoms. The quantitative estimate of drug-likeness (QED) is 0.329. The van der Waals surface area contributed by atoms with E-state index in [0.717, 1.165) is 41.4 Å². The molecule has 5 nitrogen and oxygen atoms in total. The lowest BCUT2D eigenvalue weighted by molar-refractivity contribution is 0.414. The minimum Gasteiger partial charge on any atom is -0.497 e. The molecular formula is C20H24IN3O2. The highest BCUT2D eigenvalue weighted by molar-refractivity contribution is 14.0. The zero-order valence-electron chi connectivity index (χ0n) is 15.0. The number of furan rings is 1. The average molecular weight is 465 g/mol. The van der Waals surface area contributed by atoms with Crippen molar-refractivity contribution in [2.45, 2.75) is 13.0 Å². The van der Waals surface area contributed by atoms with Gasteiger partial charge in [0.15, 0.2) is 5.96 Å². The Labute approximate surface area is 170 Å². The number of nitrogens with one attached hydrogen (secondary N) is 2. The molecule has 0 amide bonds. The lowest BCUT2D eigenvalue weighted by atomic mass is 10.1. The molecule has 2 aromatic carbocycles. The Bertz CT molecular complexity index is 811. The zero-order chi connectivity index (χ0) is 17.5. The van der Waals surface area contributed by atoms with Gasteiger partial charge in [0.25, 0.3) is 0 Å². The Morgan fingerprint density at radius 2 is 1.85 bits per heavy atom. The molecule has 0 fully saturated rings. The standard InChI is InChI=1S/C20H23N3O2.HI/c1-21-20(22-12-11-15-7-9-17(24-2)10-8-15)23-14-18-13-16-5-3-4-6-19(16)25-18;/h3-10,13H,11-12,14H2,1-2H3,(H2,21,22,23);1H. The van der Waals surface area contributed by atoms with E-state index in [4.69, 9.17) is 9.15 Å². The first-order chi connectivity index (χ1) is 12.3. The van der Waals surface area contributed by atoms with Crippen molar-refractivity contribution < 1.29 is 9.15 Å². The second kappa shape index (κ2) is 10.1. The van der Waals surface area contributed by atoms with Crippen molar-refractivity contribution in [2.75, 3.05) is 20.7 Å². The first-order valence-corrected chi connectivity index (χ1v) is 8.33. The molecule has 0 unspecified atom stereocenters. The van der Waals surface area contributed by atoms with Gasteiger partial charge in [-0.2, -0.15) is 0 Å². The highest BCUT2D eigenvalue weighted by Crippen LogP contribution is 2.18. The molecule has 0 radical (unpaired) electrons. The highest BCUT2D eigenvalue weighted by atomic mass is 127. The molecule has 0 bridgehead atoms. The van der Waals surface area contributed by atoms with Gasteiger partial charge < -0.3 is 19.8 Å². The van der Waals surface area contributed by atoms with Crippen LogP contribution in [0.3, 0.4) is 0 Å². The smallest absolute Gasteiger partial charge is 0.191 e. The lowest BCUT2D eigenvalue weighted by Gasteiger charge is -2.11. The lowest BCUT2D eigenvalue weighted by Crippen LogP contribution is -2.37. The van der Waals surface area contributed by atoms with Crippen molar-refractivity contribution >= 4 is 40.9 Å². The maximum Gasteiger partial charge on any atom is 0.191 e. The van der Waals surface area contributed by atoms with Gasteiger partial charge in [0, 0.05) is 19.0 Å². The first kappa shape index (κ1) is 20.1. The first-order valence-electron chi connectivity index (χ1n) is 8.33. The maximum atomic E-state index is 5.80. The Morgan fingerprint density at radius 1 is 1.08 bits per heavy atom. The Kier molecular flexibility index (Phi) is 7.77. The highest BCUT2D eigenvalue weighted by Gasteiger charge is 2.04. The summed E-state index contributed by atoms with van der Waals surface area (Å²) >= 11 is 0. The fourth-order valence-corrected chi connectivity index (χ4v) is 2.63. The third kappa shape index (κ3) is 5.39. The molecule has 1 aromatic heterocycles. The number of rotatable bonds is 6. The van der Waals surface area contributed by atoms with Crippen LogP contribution >= 0.6 is 24.0 Å². The maximum absolute atomic E-state index is 5.80. The Balaban J connectivity index is 0.00000243. The molecular weight excluding hydrogens is 441 g/mol. The fraction of sp³-hybridized carbons (Fsp3) is 0.250. The van der Waals surface area contributed by atoms with E-state index in [0.29, 0.717) is 6.54 Å². The second-order valence-corrected chi connectivity index (χ2v) is 5.70. The Hall–Kier alpha value is -2.22. The average Bonchev–Trinajstić information content (AvgIpc) is 3.08. The number of para-hydroxylation sites is 1. The largest absolute Gasteiger partial charge is 0.497 e. The van der Waals surface area contributed by atoms with Crippen LogP contribution in [0, 0.1) is 0 Å². The van der Waals surface area contributed by atoms with E-state index in [1.165, 1.54) is 5.56 Å². The third-order valence-electron chi connectivity index (χ3n) is 4.00. The molecule has 3 aromatic rings. The number of guanidine groups is 1. The zero-order valence-corrected chi connectivity index (χ0v) is 17.3. The molecule has 138 valence electrons. The van der Waals surface area contributed by atoms with E-state index >= 15 is 0 Å². The summed E-state index contributed by atoms with van der Waals surface area (Å²) in [7, 11) is 3.44. The van der Waals surface area contributed by atoms with Gasteiger partial charge in [-0.1, -0.05) is 30.3 Å².